The summed E-state index contributed by atoms with van der Waals surface area (Å²) in [6, 6.07) is 12.9. The summed E-state index contributed by atoms with van der Waals surface area (Å²) in [5, 5.41) is 5.24. The van der Waals surface area contributed by atoms with E-state index in [-0.39, 0.29) is 29.4 Å². The molecule has 0 saturated carbocycles. The van der Waals surface area contributed by atoms with E-state index in [0.29, 0.717) is 6.42 Å². The van der Waals surface area contributed by atoms with E-state index < -0.39 is 10.0 Å². The zero-order valence-corrected chi connectivity index (χ0v) is 17.5. The van der Waals surface area contributed by atoms with Gasteiger partial charge in [-0.3, -0.25) is 4.79 Å². The number of aryl methyl sites for hydroxylation is 1. The molecule has 1 aliphatic heterocycles. The molecule has 1 amide bonds. The van der Waals surface area contributed by atoms with Gasteiger partial charge in [-0.1, -0.05) is 18.2 Å². The molecule has 150 valence electrons. The second-order valence-electron chi connectivity index (χ2n) is 7.66. The first-order valence-electron chi connectivity index (χ1n) is 9.39. The first kappa shape index (κ1) is 20.4. The average Bonchev–Trinajstić information content (AvgIpc) is 2.94. The number of anilines is 2. The Balaban J connectivity index is 1.90. The van der Waals surface area contributed by atoms with Crippen LogP contribution in [0.5, 0.6) is 0 Å². The fourth-order valence-corrected chi connectivity index (χ4v) is 4.38. The van der Waals surface area contributed by atoms with Crippen LogP contribution in [0.15, 0.2) is 47.4 Å². The minimum Gasteiger partial charge on any atom is -0.360 e. The number of carbonyl (C=O) groups excluding carboxylic acids is 1. The van der Waals surface area contributed by atoms with Gasteiger partial charge in [0.1, 0.15) is 0 Å². The third-order valence-corrected chi connectivity index (χ3v) is 6.13. The monoisotopic (exact) mass is 401 g/mol. The lowest BCUT2D eigenvalue weighted by molar-refractivity contribution is -0.117. The number of hydrogen-bond acceptors (Lipinski definition) is 4. The maximum atomic E-state index is 13.2. The molecular formula is C21H27N3O3S. The van der Waals surface area contributed by atoms with Crippen LogP contribution in [0.3, 0.4) is 0 Å². The van der Waals surface area contributed by atoms with Crippen LogP contribution >= 0.6 is 0 Å². The molecule has 0 aromatic heterocycles. The van der Waals surface area contributed by atoms with Crippen molar-refractivity contribution >= 4 is 27.3 Å². The lowest BCUT2D eigenvalue weighted by atomic mass is 10.1. The lowest BCUT2D eigenvalue weighted by Gasteiger charge is -2.32. The molecule has 1 unspecified atom stereocenters. The van der Waals surface area contributed by atoms with Gasteiger partial charge in [0.15, 0.2) is 0 Å². The van der Waals surface area contributed by atoms with Crippen LogP contribution in [0.2, 0.25) is 0 Å². The van der Waals surface area contributed by atoms with Crippen molar-refractivity contribution in [1.29, 1.82) is 0 Å². The van der Waals surface area contributed by atoms with Gasteiger partial charge in [-0.2, -0.15) is 0 Å². The van der Waals surface area contributed by atoms with Gasteiger partial charge >= 0.3 is 0 Å². The van der Waals surface area contributed by atoms with E-state index >= 15 is 0 Å². The molecule has 2 N–H and O–H groups in total. The van der Waals surface area contributed by atoms with Crippen LogP contribution in [-0.2, 0) is 21.2 Å². The van der Waals surface area contributed by atoms with E-state index in [1.165, 1.54) is 6.07 Å². The van der Waals surface area contributed by atoms with Crippen LogP contribution < -0.4 is 14.9 Å². The van der Waals surface area contributed by atoms with Gasteiger partial charge in [0, 0.05) is 23.5 Å². The van der Waals surface area contributed by atoms with Gasteiger partial charge < -0.3 is 9.80 Å². The number of amides is 1. The zero-order valence-electron chi connectivity index (χ0n) is 16.7. The largest absolute Gasteiger partial charge is 0.360 e. The molecule has 3 rings (SSSR count). The molecule has 2 aromatic rings. The smallest absolute Gasteiger partial charge is 0.246 e. The van der Waals surface area contributed by atoms with E-state index in [0.717, 1.165) is 22.5 Å². The summed E-state index contributed by atoms with van der Waals surface area (Å²) in [4.78, 5) is 17.2. The summed E-state index contributed by atoms with van der Waals surface area (Å²) in [6.07, 6.45) is 0.608. The molecule has 1 atom stereocenters. The van der Waals surface area contributed by atoms with Gasteiger partial charge in [-0.15, -0.1) is 0 Å². The Morgan fingerprint density at radius 2 is 1.93 bits per heavy atom. The van der Waals surface area contributed by atoms with Crippen LogP contribution in [0.4, 0.5) is 11.4 Å². The number of primary sulfonamides is 1. The SMILES string of the molecule is Cc1ccccc1N(CC(=O)N1c2ccc(S(N)(=O)=O)cc2CC1C)C(C)C. The minimum absolute atomic E-state index is 0.00782. The molecular weight excluding hydrogens is 374 g/mol. The van der Waals surface area contributed by atoms with E-state index in [9.17, 15) is 13.2 Å². The lowest BCUT2D eigenvalue weighted by Crippen LogP contribution is -2.45. The number of nitrogens with two attached hydrogens (primary N) is 1. The van der Waals surface area contributed by atoms with Gasteiger partial charge in [0.05, 0.1) is 11.4 Å². The number of fused-ring (bicyclic) bond motifs is 1. The number of para-hydroxylation sites is 1. The number of benzene rings is 2. The Kier molecular flexibility index (Phi) is 5.50. The third kappa shape index (κ3) is 3.91. The first-order chi connectivity index (χ1) is 13.1. The quantitative estimate of drug-likeness (QED) is 0.835. The second kappa shape index (κ2) is 7.56. The standard InChI is InChI=1S/C21H27N3O3S/c1-14(2)23(19-8-6-5-7-15(19)3)13-21(25)24-16(4)11-17-12-18(28(22,26)27)9-10-20(17)24/h5-10,12,14,16H,11,13H2,1-4H3,(H2,22,26,27). The second-order valence-corrected chi connectivity index (χ2v) is 9.22. The van der Waals surface area contributed by atoms with Crippen LogP contribution in [-0.4, -0.2) is 33.0 Å². The van der Waals surface area contributed by atoms with Crippen molar-refractivity contribution in [3.8, 4) is 0 Å². The van der Waals surface area contributed by atoms with Crippen LogP contribution in [0.25, 0.3) is 0 Å². The highest BCUT2D eigenvalue weighted by Crippen LogP contribution is 2.34. The van der Waals surface area contributed by atoms with E-state index in [4.69, 9.17) is 5.14 Å². The molecule has 0 fully saturated rings. The molecule has 0 aliphatic carbocycles. The summed E-state index contributed by atoms with van der Waals surface area (Å²) in [5.41, 5.74) is 3.76. The molecule has 0 spiro atoms. The molecule has 6 nitrogen and oxygen atoms in total. The van der Waals surface area contributed by atoms with Crippen molar-refractivity contribution in [1.82, 2.24) is 0 Å². The van der Waals surface area contributed by atoms with E-state index in [1.54, 1.807) is 17.0 Å². The van der Waals surface area contributed by atoms with Gasteiger partial charge in [-0.25, -0.2) is 13.6 Å². The van der Waals surface area contributed by atoms with Crippen molar-refractivity contribution < 1.29 is 13.2 Å². The molecule has 2 aromatic carbocycles. The number of sulfonamides is 1. The Bertz CT molecular complexity index is 1000. The van der Waals surface area contributed by atoms with Crippen molar-refractivity contribution in [2.45, 2.75) is 51.1 Å². The van der Waals surface area contributed by atoms with Gasteiger partial charge in [0.2, 0.25) is 15.9 Å². The number of rotatable bonds is 5. The number of nitrogens with zero attached hydrogens (tertiary/aromatic N) is 2. The van der Waals surface area contributed by atoms with Gasteiger partial charge in [0.25, 0.3) is 0 Å². The molecule has 1 aliphatic rings. The minimum atomic E-state index is -3.76. The Morgan fingerprint density at radius 3 is 2.54 bits per heavy atom. The van der Waals surface area contributed by atoms with E-state index in [2.05, 4.69) is 18.7 Å². The maximum Gasteiger partial charge on any atom is 0.246 e. The van der Waals surface area contributed by atoms with Crippen LogP contribution in [0.1, 0.15) is 31.9 Å². The molecule has 1 heterocycles. The maximum absolute atomic E-state index is 13.2. The van der Waals surface area contributed by atoms with Crippen molar-refractivity contribution in [3.63, 3.8) is 0 Å². The van der Waals surface area contributed by atoms with Crippen molar-refractivity contribution in [3.05, 3.63) is 53.6 Å². The summed E-state index contributed by atoms with van der Waals surface area (Å²) in [6.45, 7) is 8.40. The molecule has 28 heavy (non-hydrogen) atoms. The van der Waals surface area contributed by atoms with Crippen LogP contribution in [0, 0.1) is 6.92 Å². The van der Waals surface area contributed by atoms with Crippen molar-refractivity contribution in [2.24, 2.45) is 5.14 Å². The average molecular weight is 402 g/mol. The fourth-order valence-electron chi connectivity index (χ4n) is 3.82. The highest BCUT2D eigenvalue weighted by atomic mass is 32.2. The fraction of sp³-hybridized carbons (Fsp3) is 0.381. The van der Waals surface area contributed by atoms with Crippen molar-refractivity contribution in [2.75, 3.05) is 16.3 Å². The summed E-state index contributed by atoms with van der Waals surface area (Å²) in [7, 11) is -3.76. The van der Waals surface area contributed by atoms with Gasteiger partial charge in [-0.05, 0) is 69.5 Å². The summed E-state index contributed by atoms with van der Waals surface area (Å²) < 4.78 is 23.3. The molecule has 0 radical (unpaired) electrons. The predicted molar refractivity (Wildman–Crippen MR) is 112 cm³/mol. The van der Waals surface area contributed by atoms with E-state index in [1.807, 2.05) is 38.1 Å². The topological polar surface area (TPSA) is 83.7 Å². The molecule has 7 heteroatoms. The summed E-state index contributed by atoms with van der Waals surface area (Å²) in [5.74, 6) is -0.00782. The summed E-state index contributed by atoms with van der Waals surface area (Å²) >= 11 is 0. The third-order valence-electron chi connectivity index (χ3n) is 5.22. The normalized spacial score (nSPS) is 16.4. The molecule has 0 saturated heterocycles. The predicted octanol–water partition coefficient (Wildman–Crippen LogP) is 2.84. The highest BCUT2D eigenvalue weighted by molar-refractivity contribution is 7.89. The Morgan fingerprint density at radius 1 is 1.25 bits per heavy atom. The highest BCUT2D eigenvalue weighted by Gasteiger charge is 2.33. The Labute approximate surface area is 167 Å². The number of hydrogen-bond donors (Lipinski definition) is 1. The Hall–Kier alpha value is -2.38. The first-order valence-corrected chi connectivity index (χ1v) is 10.9. The number of carbonyl (C=O) groups is 1. The molecule has 0 bridgehead atoms. The zero-order chi connectivity index (χ0) is 20.6.